The number of anilines is 1. The Hall–Kier alpha value is -2.70. The predicted octanol–water partition coefficient (Wildman–Crippen LogP) is 4.70. The number of aromatic nitrogens is 4. The molecule has 0 radical (unpaired) electrons. The zero-order chi connectivity index (χ0) is 49.7. The van der Waals surface area contributed by atoms with Gasteiger partial charge in [-0.15, -0.1) is 0 Å². The van der Waals surface area contributed by atoms with Gasteiger partial charge < -0.3 is 50.9 Å². The van der Waals surface area contributed by atoms with E-state index in [9.17, 15) is 57.9 Å². The Balaban J connectivity index is 1.31. The van der Waals surface area contributed by atoms with E-state index >= 15 is 0 Å². The van der Waals surface area contributed by atoms with Crippen molar-refractivity contribution in [3.05, 3.63) is 24.8 Å². The maximum atomic E-state index is 12.7. The van der Waals surface area contributed by atoms with Gasteiger partial charge in [-0.1, -0.05) is 96.1 Å². The van der Waals surface area contributed by atoms with Gasteiger partial charge >= 0.3 is 23.5 Å². The molecule has 0 aromatic carbocycles. The smallest absolute Gasteiger partial charge is 0.386 e. The van der Waals surface area contributed by atoms with E-state index in [1.165, 1.54) is 71.6 Å². The van der Waals surface area contributed by atoms with E-state index in [0.717, 1.165) is 54.7 Å². The van der Waals surface area contributed by atoms with Crippen molar-refractivity contribution >= 4 is 69.1 Å². The topological polar surface area (TPSA) is 364 Å². The Labute approximate surface area is 394 Å². The van der Waals surface area contributed by atoms with Gasteiger partial charge in [0.1, 0.15) is 36.3 Å². The number of carbonyl (C=O) groups is 3. The van der Waals surface area contributed by atoms with E-state index in [-0.39, 0.29) is 41.6 Å². The number of amides is 2. The second-order valence-electron chi connectivity index (χ2n) is 16.6. The number of ether oxygens (including phenoxy) is 1. The Kier molecular flexibility index (Phi) is 25.2. The lowest BCUT2D eigenvalue weighted by molar-refractivity contribution is -0.137. The number of allylic oxidation sites excluding steroid dienone is 2. The van der Waals surface area contributed by atoms with Crippen molar-refractivity contribution in [1.82, 2.24) is 30.2 Å². The quantitative estimate of drug-likeness (QED) is 0.0260. The van der Waals surface area contributed by atoms with E-state index in [0.29, 0.717) is 12.2 Å². The van der Waals surface area contributed by atoms with Crippen LogP contribution in [-0.4, -0.2) is 123 Å². The standard InChI is InChI=1S/C39H68N7O17P3S/c1-4-5-6-7-8-9-10-11-12-13-14-15-16-17-18-19-30(48)67-23-22-41-29(47)20-21-42-37(51)34(50)39(2,3)25-60-66(57,58)63-65(55,56)59-24-28-33(62-64(52,53)54)32(49)38(61-28)46-27-45-31-35(40)43-26-44-36(31)46/h14-15,26-28,32-34,38,49-50H,4-13,16-25H2,1-3H3,(H,41,47)(H,42,51)(H,55,56)(H,57,58)(H2,40,43,44)(H2,52,53,54)/b15-14-/t28-,32?,33+,34+,38-/m1/s1. The lowest BCUT2D eigenvalue weighted by Gasteiger charge is -2.30. The molecule has 28 heteroatoms. The molecule has 24 nitrogen and oxygen atoms in total. The fourth-order valence-corrected chi connectivity index (χ4v) is 10.3. The normalized spacial score (nSPS) is 20.2. The molecule has 67 heavy (non-hydrogen) atoms. The summed E-state index contributed by atoms with van der Waals surface area (Å²) in [6.07, 6.45) is 13.5. The fourth-order valence-electron chi connectivity index (χ4n) is 6.71. The van der Waals surface area contributed by atoms with Gasteiger partial charge in [0.2, 0.25) is 11.8 Å². The first-order chi connectivity index (χ1) is 31.6. The summed E-state index contributed by atoms with van der Waals surface area (Å²) in [5.41, 5.74) is 4.28. The molecule has 2 aromatic heterocycles. The summed E-state index contributed by atoms with van der Waals surface area (Å²) in [4.78, 5) is 88.3. The zero-order valence-electron chi connectivity index (χ0n) is 38.1. The van der Waals surface area contributed by atoms with Crippen LogP contribution in [0.5, 0.6) is 0 Å². The number of phosphoric acid groups is 3. The van der Waals surface area contributed by atoms with Crippen LogP contribution in [0.3, 0.4) is 0 Å². The molecule has 7 atom stereocenters. The number of imidazole rings is 1. The van der Waals surface area contributed by atoms with E-state index in [2.05, 4.69) is 53.5 Å². The Bertz CT molecular complexity index is 2040. The summed E-state index contributed by atoms with van der Waals surface area (Å²) in [7, 11) is -16.4. The average molecular weight is 1030 g/mol. The highest BCUT2D eigenvalue weighted by Gasteiger charge is 2.50. The summed E-state index contributed by atoms with van der Waals surface area (Å²) in [6, 6.07) is 0. The summed E-state index contributed by atoms with van der Waals surface area (Å²) in [5.74, 6) is -1.04. The molecule has 3 unspecified atom stereocenters. The third-order valence-electron chi connectivity index (χ3n) is 10.4. The first kappa shape index (κ1) is 58.6. The van der Waals surface area contributed by atoms with E-state index in [1.54, 1.807) is 0 Å². The molecule has 0 spiro atoms. The van der Waals surface area contributed by atoms with E-state index in [4.69, 9.17) is 19.5 Å². The number of unbranched alkanes of at least 4 members (excludes halogenated alkanes) is 11. The first-order valence-electron chi connectivity index (χ1n) is 22.3. The van der Waals surface area contributed by atoms with Crippen molar-refractivity contribution in [2.45, 2.75) is 148 Å². The molecular formula is C39H68N7O17P3S. The number of carbonyl (C=O) groups excluding carboxylic acids is 3. The number of aliphatic hydroxyl groups is 2. The average Bonchev–Trinajstić information content (AvgIpc) is 3.81. The largest absolute Gasteiger partial charge is 0.481 e. The van der Waals surface area contributed by atoms with Gasteiger partial charge in [0, 0.05) is 37.1 Å². The van der Waals surface area contributed by atoms with Crippen molar-refractivity contribution in [3.63, 3.8) is 0 Å². The third kappa shape index (κ3) is 21.9. The number of hydrogen-bond acceptors (Lipinski definition) is 18. The Morgan fingerprint density at radius 2 is 1.52 bits per heavy atom. The number of phosphoric ester groups is 3. The first-order valence-corrected chi connectivity index (χ1v) is 27.8. The van der Waals surface area contributed by atoms with Gasteiger partial charge in [0.25, 0.3) is 0 Å². The number of nitrogens with zero attached hydrogens (tertiary/aromatic N) is 4. The lowest BCUT2D eigenvalue weighted by atomic mass is 9.87. The van der Waals surface area contributed by atoms with Crippen molar-refractivity contribution < 1.29 is 80.5 Å². The number of thioether (sulfide) groups is 1. The van der Waals surface area contributed by atoms with Gasteiger partial charge in [-0.25, -0.2) is 28.6 Å². The summed E-state index contributed by atoms with van der Waals surface area (Å²) in [6.45, 7) is 2.79. The molecule has 1 aliphatic heterocycles. The van der Waals surface area contributed by atoms with Crippen molar-refractivity contribution in [3.8, 4) is 0 Å². The van der Waals surface area contributed by atoms with Crippen LogP contribution in [0.4, 0.5) is 5.82 Å². The van der Waals surface area contributed by atoms with Crippen LogP contribution in [-0.2, 0) is 50.7 Å². The van der Waals surface area contributed by atoms with Crippen LogP contribution in [0, 0.1) is 5.41 Å². The molecule has 3 heterocycles. The number of fused-ring (bicyclic) bond motifs is 1. The maximum absolute atomic E-state index is 12.7. The van der Waals surface area contributed by atoms with Crippen LogP contribution in [0.1, 0.15) is 123 Å². The number of nitrogens with one attached hydrogen (secondary N) is 2. The molecule has 3 rings (SSSR count). The van der Waals surface area contributed by atoms with Crippen molar-refractivity contribution in [1.29, 1.82) is 0 Å². The van der Waals surface area contributed by atoms with E-state index in [1.807, 2.05) is 0 Å². The van der Waals surface area contributed by atoms with Gasteiger partial charge in [-0.2, -0.15) is 4.31 Å². The predicted molar refractivity (Wildman–Crippen MR) is 247 cm³/mol. The fraction of sp³-hybridized carbons (Fsp3) is 0.744. The highest BCUT2D eigenvalue weighted by atomic mass is 32.2. The maximum Gasteiger partial charge on any atom is 0.481 e. The minimum atomic E-state index is -5.58. The minimum Gasteiger partial charge on any atom is -0.386 e. The number of nitrogens with two attached hydrogens (primary N) is 1. The van der Waals surface area contributed by atoms with Crippen LogP contribution in [0.25, 0.3) is 11.2 Å². The summed E-state index contributed by atoms with van der Waals surface area (Å²) < 4.78 is 62.4. The monoisotopic (exact) mass is 1030 g/mol. The van der Waals surface area contributed by atoms with Gasteiger partial charge in [-0.3, -0.25) is 32.5 Å². The van der Waals surface area contributed by atoms with Gasteiger partial charge in [0.05, 0.1) is 19.5 Å². The van der Waals surface area contributed by atoms with Crippen LogP contribution in [0.15, 0.2) is 24.8 Å². The van der Waals surface area contributed by atoms with Crippen molar-refractivity contribution in [2.75, 3.05) is 37.8 Å². The molecule has 10 N–H and O–H groups in total. The summed E-state index contributed by atoms with van der Waals surface area (Å²) >= 11 is 1.14. The minimum absolute atomic E-state index is 0.0329. The Morgan fingerprint density at radius 3 is 2.18 bits per heavy atom. The zero-order valence-corrected chi connectivity index (χ0v) is 41.6. The summed E-state index contributed by atoms with van der Waals surface area (Å²) in [5, 5.41) is 26.6. The third-order valence-corrected chi connectivity index (χ3v) is 14.4. The number of nitrogen functional groups attached to an aromatic ring is 1. The highest BCUT2D eigenvalue weighted by Crippen LogP contribution is 2.61. The molecule has 1 fully saturated rings. The molecule has 0 bridgehead atoms. The number of aliphatic hydroxyl groups excluding tert-OH is 2. The molecular weight excluding hydrogens is 963 g/mol. The van der Waals surface area contributed by atoms with E-state index < -0.39 is 84.6 Å². The molecule has 2 amide bonds. The second kappa shape index (κ2) is 28.8. The second-order valence-corrected chi connectivity index (χ2v) is 22.0. The number of hydrogen-bond donors (Lipinski definition) is 9. The molecule has 2 aromatic rings. The highest BCUT2D eigenvalue weighted by molar-refractivity contribution is 8.13. The molecule has 0 aliphatic carbocycles. The molecule has 0 saturated carbocycles. The van der Waals surface area contributed by atoms with Crippen LogP contribution >= 0.6 is 35.2 Å². The van der Waals surface area contributed by atoms with Crippen LogP contribution in [0.2, 0.25) is 0 Å². The van der Waals surface area contributed by atoms with Crippen LogP contribution < -0.4 is 16.4 Å². The molecule has 1 saturated heterocycles. The molecule has 382 valence electrons. The van der Waals surface area contributed by atoms with Gasteiger partial charge in [0.15, 0.2) is 22.8 Å². The SMILES string of the molecule is CCCCCCCCCCC/C=C\CCCCC(=O)SCCNC(=O)CCNC(=O)[C@H](O)C(C)(C)COP(=O)(O)OP(=O)(O)OC[C@H]1O[C@@H](n2cnc3c(N)ncnc32)C(O)[C@H]1OP(=O)(O)O. The van der Waals surface area contributed by atoms with Gasteiger partial charge in [-0.05, 0) is 32.1 Å². The molecule has 1 aliphatic rings. The lowest BCUT2D eigenvalue weighted by Crippen LogP contribution is -2.46. The van der Waals surface area contributed by atoms with Crippen molar-refractivity contribution in [2.24, 2.45) is 5.41 Å². The Morgan fingerprint density at radius 1 is 0.896 bits per heavy atom. The number of rotatable bonds is 34.